The molecule has 0 bridgehead atoms. The number of amides is 1. The van der Waals surface area contributed by atoms with Gasteiger partial charge in [-0.2, -0.15) is 5.10 Å². The Kier molecular flexibility index (Phi) is 5.65. The topological polar surface area (TPSA) is 85.8 Å². The van der Waals surface area contributed by atoms with Gasteiger partial charge in [0.05, 0.1) is 4.88 Å². The average molecular weight is 394 g/mol. The molecule has 0 fully saturated rings. The van der Waals surface area contributed by atoms with Gasteiger partial charge in [-0.1, -0.05) is 23.7 Å². The first-order valence-corrected chi connectivity index (χ1v) is 9.06. The summed E-state index contributed by atoms with van der Waals surface area (Å²) >= 11 is 7.42. The van der Waals surface area contributed by atoms with Crippen LogP contribution in [0.2, 0.25) is 4.34 Å². The predicted molar refractivity (Wildman–Crippen MR) is 99.7 cm³/mol. The quantitative estimate of drug-likeness (QED) is 0.674. The van der Waals surface area contributed by atoms with Crippen LogP contribution < -0.4 is 11.1 Å². The Morgan fingerprint density at radius 2 is 2.27 bits per heavy atom. The number of nitrogens with one attached hydrogen (secondary N) is 1. The number of thiophene rings is 1. The molecule has 1 atom stereocenters. The molecular formula is C17H17ClFN5OS. The lowest BCUT2D eigenvalue weighted by molar-refractivity contribution is 0.0942. The van der Waals surface area contributed by atoms with Gasteiger partial charge >= 0.3 is 0 Å². The van der Waals surface area contributed by atoms with Gasteiger partial charge in [-0.25, -0.2) is 14.1 Å². The third kappa shape index (κ3) is 4.09. The van der Waals surface area contributed by atoms with Gasteiger partial charge in [0.25, 0.3) is 5.91 Å². The molecule has 1 amide bonds. The van der Waals surface area contributed by atoms with Crippen LogP contribution in [0.1, 0.15) is 15.2 Å². The minimum atomic E-state index is -0.317. The number of hydrogen-bond acceptors (Lipinski definition) is 5. The van der Waals surface area contributed by atoms with Gasteiger partial charge < -0.3 is 11.1 Å². The molecule has 26 heavy (non-hydrogen) atoms. The van der Waals surface area contributed by atoms with Crippen LogP contribution in [-0.2, 0) is 13.5 Å². The van der Waals surface area contributed by atoms with Crippen molar-refractivity contribution in [2.45, 2.75) is 12.5 Å². The van der Waals surface area contributed by atoms with Crippen LogP contribution in [0, 0.1) is 5.82 Å². The molecule has 3 aromatic rings. The Morgan fingerprint density at radius 1 is 1.46 bits per heavy atom. The summed E-state index contributed by atoms with van der Waals surface area (Å²) in [6.45, 7) is 0.234. The normalized spacial score (nSPS) is 12.2. The lowest BCUT2D eigenvalue weighted by atomic mass is 10.1. The number of aromatic nitrogens is 3. The molecule has 136 valence electrons. The van der Waals surface area contributed by atoms with E-state index in [2.05, 4.69) is 15.4 Å². The van der Waals surface area contributed by atoms with Gasteiger partial charge in [0, 0.05) is 25.2 Å². The molecule has 0 aliphatic rings. The number of rotatable bonds is 6. The summed E-state index contributed by atoms with van der Waals surface area (Å²) in [5.41, 5.74) is 7.18. The molecule has 3 N–H and O–H groups in total. The molecule has 6 nitrogen and oxygen atoms in total. The van der Waals surface area contributed by atoms with E-state index in [1.165, 1.54) is 18.5 Å². The molecule has 0 aliphatic heterocycles. The minimum absolute atomic E-state index is 0.234. The zero-order valence-corrected chi connectivity index (χ0v) is 15.5. The SMILES string of the molecule is Cn1ncnc1-c1cc(C(=O)NC(CN)Cc2cccc(F)c2)sc1Cl. The van der Waals surface area contributed by atoms with Crippen LogP contribution in [-0.4, -0.2) is 33.3 Å². The molecule has 2 heterocycles. The summed E-state index contributed by atoms with van der Waals surface area (Å²) in [7, 11) is 1.75. The zero-order valence-electron chi connectivity index (χ0n) is 13.9. The highest BCUT2D eigenvalue weighted by atomic mass is 35.5. The summed E-state index contributed by atoms with van der Waals surface area (Å²) in [4.78, 5) is 17.2. The van der Waals surface area contributed by atoms with Crippen LogP contribution in [0.25, 0.3) is 11.4 Å². The van der Waals surface area contributed by atoms with Gasteiger partial charge in [-0.3, -0.25) is 4.79 Å². The number of hydrogen-bond donors (Lipinski definition) is 2. The fourth-order valence-corrected chi connectivity index (χ4v) is 3.74. The third-order valence-electron chi connectivity index (χ3n) is 3.85. The summed E-state index contributed by atoms with van der Waals surface area (Å²) in [5.74, 6) is -0.0134. The Balaban J connectivity index is 1.73. The lowest BCUT2D eigenvalue weighted by Crippen LogP contribution is -2.41. The maximum absolute atomic E-state index is 13.3. The molecule has 2 aromatic heterocycles. The minimum Gasteiger partial charge on any atom is -0.347 e. The van der Waals surface area contributed by atoms with Gasteiger partial charge in [-0.15, -0.1) is 11.3 Å². The largest absolute Gasteiger partial charge is 0.347 e. The standard InChI is InChI=1S/C17H17ClFN5OS/c1-24-16(21-9-22-24)13-7-14(26-15(13)18)17(25)23-12(8-20)6-10-3-2-4-11(19)5-10/h2-5,7,9,12H,6,8,20H2,1H3,(H,23,25). The summed E-state index contributed by atoms with van der Waals surface area (Å²) < 4.78 is 15.4. The summed E-state index contributed by atoms with van der Waals surface area (Å²) in [6.07, 6.45) is 1.86. The summed E-state index contributed by atoms with van der Waals surface area (Å²) in [6, 6.07) is 7.61. The van der Waals surface area contributed by atoms with Gasteiger partial charge in [0.2, 0.25) is 0 Å². The zero-order chi connectivity index (χ0) is 18.7. The second kappa shape index (κ2) is 7.94. The molecule has 1 unspecified atom stereocenters. The third-order valence-corrected chi connectivity index (χ3v) is 5.21. The average Bonchev–Trinajstić information content (AvgIpc) is 3.19. The molecule has 0 radical (unpaired) electrons. The fraction of sp³-hybridized carbons (Fsp3) is 0.235. The molecule has 3 rings (SSSR count). The van der Waals surface area contributed by atoms with E-state index in [9.17, 15) is 9.18 Å². The number of benzene rings is 1. The van der Waals surface area contributed by atoms with E-state index >= 15 is 0 Å². The van der Waals surface area contributed by atoms with E-state index in [0.717, 1.165) is 16.9 Å². The van der Waals surface area contributed by atoms with Crippen LogP contribution >= 0.6 is 22.9 Å². The van der Waals surface area contributed by atoms with E-state index < -0.39 is 0 Å². The van der Waals surface area contributed by atoms with Crippen molar-refractivity contribution in [3.8, 4) is 11.4 Å². The lowest BCUT2D eigenvalue weighted by Gasteiger charge is -2.16. The van der Waals surface area contributed by atoms with E-state index in [1.807, 2.05) is 0 Å². The highest BCUT2D eigenvalue weighted by Crippen LogP contribution is 2.34. The maximum Gasteiger partial charge on any atom is 0.261 e. The Hall–Kier alpha value is -2.29. The first-order chi connectivity index (χ1) is 12.5. The van der Waals surface area contributed by atoms with Crippen molar-refractivity contribution >= 4 is 28.8 Å². The van der Waals surface area contributed by atoms with E-state index in [4.69, 9.17) is 17.3 Å². The van der Waals surface area contributed by atoms with Gasteiger partial charge in [-0.05, 0) is 30.2 Å². The summed E-state index contributed by atoms with van der Waals surface area (Å²) in [5, 5.41) is 6.88. The number of carbonyl (C=O) groups excluding carboxylic acids is 1. The van der Waals surface area contributed by atoms with Crippen molar-refractivity contribution < 1.29 is 9.18 Å². The molecular weight excluding hydrogens is 377 g/mol. The van der Waals surface area contributed by atoms with Crippen LogP contribution in [0.15, 0.2) is 36.7 Å². The van der Waals surface area contributed by atoms with Crippen molar-refractivity contribution in [2.75, 3.05) is 6.54 Å². The maximum atomic E-state index is 13.3. The predicted octanol–water partition coefficient (Wildman–Crippen LogP) is 2.64. The van der Waals surface area contributed by atoms with Crippen molar-refractivity contribution in [3.63, 3.8) is 0 Å². The second-order valence-corrected chi connectivity index (χ2v) is 7.40. The molecule has 0 aliphatic carbocycles. The fourth-order valence-electron chi connectivity index (χ4n) is 2.57. The molecule has 1 aromatic carbocycles. The van der Waals surface area contributed by atoms with Crippen LogP contribution in [0.4, 0.5) is 4.39 Å². The number of nitrogens with zero attached hydrogens (tertiary/aromatic N) is 3. The van der Waals surface area contributed by atoms with Crippen molar-refractivity contribution in [2.24, 2.45) is 12.8 Å². The van der Waals surface area contributed by atoms with Gasteiger partial charge in [0.1, 0.15) is 16.5 Å². The smallest absolute Gasteiger partial charge is 0.261 e. The molecule has 0 spiro atoms. The number of halogens is 2. The Morgan fingerprint density at radius 3 is 2.92 bits per heavy atom. The molecule has 9 heteroatoms. The van der Waals surface area contributed by atoms with Crippen molar-refractivity contribution in [1.29, 1.82) is 0 Å². The number of aryl methyl sites for hydroxylation is 1. The Labute approximate surface area is 158 Å². The van der Waals surface area contributed by atoms with E-state index in [1.54, 1.807) is 29.9 Å². The Bertz CT molecular complexity index is 926. The van der Waals surface area contributed by atoms with Gasteiger partial charge in [0.15, 0.2) is 5.82 Å². The second-order valence-electron chi connectivity index (χ2n) is 5.75. The van der Waals surface area contributed by atoms with Crippen molar-refractivity contribution in [1.82, 2.24) is 20.1 Å². The first kappa shape index (κ1) is 18.5. The number of nitrogens with two attached hydrogens (primary N) is 1. The monoisotopic (exact) mass is 393 g/mol. The molecule has 0 saturated carbocycles. The highest BCUT2D eigenvalue weighted by molar-refractivity contribution is 7.18. The number of carbonyl (C=O) groups is 1. The van der Waals surface area contributed by atoms with E-state index in [-0.39, 0.29) is 24.3 Å². The van der Waals surface area contributed by atoms with E-state index in [0.29, 0.717) is 27.0 Å². The molecule has 0 saturated heterocycles. The van der Waals surface area contributed by atoms with Crippen molar-refractivity contribution in [3.05, 3.63) is 57.3 Å². The van der Waals surface area contributed by atoms with Crippen LogP contribution in [0.3, 0.4) is 0 Å². The first-order valence-electron chi connectivity index (χ1n) is 7.87. The highest BCUT2D eigenvalue weighted by Gasteiger charge is 2.20. The van der Waals surface area contributed by atoms with Crippen LogP contribution in [0.5, 0.6) is 0 Å².